The first kappa shape index (κ1) is 16.2. The number of nitrogens with zero attached hydrogens (tertiary/aromatic N) is 1. The third-order valence-corrected chi connectivity index (χ3v) is 4.86. The number of benzene rings is 1. The standard InChI is InChI=1S/C15H22BrClN2O/c1-20-10-11-4-6-19(7-5-11)15(9-18)13-3-2-12(16)8-14(13)17/h2-3,8,11,15H,4-7,9-10,18H2,1H3. The second-order valence-electron chi connectivity index (χ2n) is 5.35. The van der Waals surface area contributed by atoms with E-state index < -0.39 is 0 Å². The fourth-order valence-electron chi connectivity index (χ4n) is 2.91. The van der Waals surface area contributed by atoms with Gasteiger partial charge in [0.25, 0.3) is 0 Å². The summed E-state index contributed by atoms with van der Waals surface area (Å²) in [6.07, 6.45) is 2.33. The van der Waals surface area contributed by atoms with E-state index in [-0.39, 0.29) is 6.04 Å². The van der Waals surface area contributed by atoms with Crippen molar-refractivity contribution in [2.75, 3.05) is 33.4 Å². The van der Waals surface area contributed by atoms with E-state index in [1.54, 1.807) is 7.11 Å². The van der Waals surface area contributed by atoms with E-state index in [9.17, 15) is 0 Å². The van der Waals surface area contributed by atoms with Crippen LogP contribution in [0.1, 0.15) is 24.4 Å². The van der Waals surface area contributed by atoms with Crippen LogP contribution in [0.2, 0.25) is 5.02 Å². The van der Waals surface area contributed by atoms with Crippen molar-refractivity contribution in [1.82, 2.24) is 4.90 Å². The summed E-state index contributed by atoms with van der Waals surface area (Å²) in [6.45, 7) is 3.57. The molecule has 1 unspecified atom stereocenters. The second-order valence-corrected chi connectivity index (χ2v) is 6.67. The monoisotopic (exact) mass is 360 g/mol. The van der Waals surface area contributed by atoms with Crippen LogP contribution in [0.15, 0.2) is 22.7 Å². The van der Waals surface area contributed by atoms with Gasteiger partial charge in [-0.3, -0.25) is 4.90 Å². The van der Waals surface area contributed by atoms with Crippen LogP contribution in [0.4, 0.5) is 0 Å². The zero-order valence-electron chi connectivity index (χ0n) is 11.8. The van der Waals surface area contributed by atoms with Crippen molar-refractivity contribution in [3.63, 3.8) is 0 Å². The van der Waals surface area contributed by atoms with E-state index in [4.69, 9.17) is 22.1 Å². The van der Waals surface area contributed by atoms with Crippen LogP contribution in [0.5, 0.6) is 0 Å². The third-order valence-electron chi connectivity index (χ3n) is 4.04. The minimum atomic E-state index is 0.207. The Hall–Kier alpha value is -0.130. The summed E-state index contributed by atoms with van der Waals surface area (Å²) in [6, 6.07) is 6.25. The number of methoxy groups -OCH3 is 1. The Morgan fingerprint density at radius 1 is 1.45 bits per heavy atom. The molecule has 0 aromatic heterocycles. The highest BCUT2D eigenvalue weighted by molar-refractivity contribution is 9.10. The molecule has 2 N–H and O–H groups in total. The summed E-state index contributed by atoms with van der Waals surface area (Å²) in [7, 11) is 1.77. The Kier molecular flexibility index (Phi) is 6.30. The van der Waals surface area contributed by atoms with Gasteiger partial charge >= 0.3 is 0 Å². The van der Waals surface area contributed by atoms with Crippen LogP contribution < -0.4 is 5.73 Å². The fourth-order valence-corrected chi connectivity index (χ4v) is 3.71. The number of halogens is 2. The molecule has 1 fully saturated rings. The molecule has 112 valence electrons. The Bertz CT molecular complexity index is 436. The van der Waals surface area contributed by atoms with Crippen LogP contribution in [0, 0.1) is 5.92 Å². The maximum Gasteiger partial charge on any atom is 0.0491 e. The molecule has 0 saturated carbocycles. The van der Waals surface area contributed by atoms with Gasteiger partial charge in [0.2, 0.25) is 0 Å². The first-order chi connectivity index (χ1) is 9.65. The van der Waals surface area contributed by atoms with Crippen molar-refractivity contribution in [1.29, 1.82) is 0 Å². The quantitative estimate of drug-likeness (QED) is 0.873. The topological polar surface area (TPSA) is 38.5 Å². The molecule has 1 aromatic carbocycles. The van der Waals surface area contributed by atoms with Gasteiger partial charge in [-0.1, -0.05) is 33.6 Å². The molecule has 0 aliphatic carbocycles. The molecule has 20 heavy (non-hydrogen) atoms. The molecule has 0 radical (unpaired) electrons. The smallest absolute Gasteiger partial charge is 0.0491 e. The third kappa shape index (κ3) is 3.95. The molecule has 1 aromatic rings. The van der Waals surface area contributed by atoms with Crippen LogP contribution >= 0.6 is 27.5 Å². The van der Waals surface area contributed by atoms with Crippen molar-refractivity contribution in [3.8, 4) is 0 Å². The van der Waals surface area contributed by atoms with Crippen molar-refractivity contribution in [3.05, 3.63) is 33.3 Å². The Labute approximate surface area is 134 Å². The number of likely N-dealkylation sites (tertiary alicyclic amines) is 1. The number of hydrogen-bond donors (Lipinski definition) is 1. The molecule has 5 heteroatoms. The summed E-state index contributed by atoms with van der Waals surface area (Å²) >= 11 is 9.81. The average molecular weight is 362 g/mol. The molecule has 3 nitrogen and oxygen atoms in total. The van der Waals surface area contributed by atoms with E-state index in [0.717, 1.165) is 34.8 Å². The Morgan fingerprint density at radius 3 is 2.70 bits per heavy atom. The molecule has 0 bridgehead atoms. The molecule has 1 atom stereocenters. The van der Waals surface area contributed by atoms with E-state index in [1.807, 2.05) is 12.1 Å². The molecular formula is C15H22BrClN2O. The number of nitrogens with two attached hydrogens (primary N) is 1. The van der Waals surface area contributed by atoms with Crippen LogP contribution in [-0.2, 0) is 4.74 Å². The molecule has 1 heterocycles. The van der Waals surface area contributed by atoms with Gasteiger partial charge in [-0.05, 0) is 49.5 Å². The summed E-state index contributed by atoms with van der Waals surface area (Å²) in [5.41, 5.74) is 7.13. The van der Waals surface area contributed by atoms with E-state index in [0.29, 0.717) is 12.5 Å². The lowest BCUT2D eigenvalue weighted by atomic mass is 9.95. The maximum atomic E-state index is 6.37. The number of rotatable bonds is 5. The minimum Gasteiger partial charge on any atom is -0.384 e. The highest BCUT2D eigenvalue weighted by atomic mass is 79.9. The van der Waals surface area contributed by atoms with Gasteiger partial charge in [-0.15, -0.1) is 0 Å². The van der Waals surface area contributed by atoms with Gasteiger partial charge in [0.05, 0.1) is 0 Å². The lowest BCUT2D eigenvalue weighted by Crippen LogP contribution is -2.40. The van der Waals surface area contributed by atoms with Crippen LogP contribution in [-0.4, -0.2) is 38.3 Å². The zero-order chi connectivity index (χ0) is 14.5. The lowest BCUT2D eigenvalue weighted by Gasteiger charge is -2.37. The molecule has 1 aliphatic rings. The van der Waals surface area contributed by atoms with Gasteiger partial charge in [-0.25, -0.2) is 0 Å². The predicted molar refractivity (Wildman–Crippen MR) is 87.1 cm³/mol. The maximum absolute atomic E-state index is 6.37. The summed E-state index contributed by atoms with van der Waals surface area (Å²) in [5, 5.41) is 0.786. The number of ether oxygens (including phenoxy) is 1. The average Bonchev–Trinajstić information content (AvgIpc) is 2.44. The highest BCUT2D eigenvalue weighted by Gasteiger charge is 2.26. The largest absolute Gasteiger partial charge is 0.384 e. The Balaban J connectivity index is 2.05. The highest BCUT2D eigenvalue weighted by Crippen LogP contribution is 2.32. The van der Waals surface area contributed by atoms with E-state index >= 15 is 0 Å². The second kappa shape index (κ2) is 7.76. The SMILES string of the molecule is COCC1CCN(C(CN)c2ccc(Br)cc2Cl)CC1. The number of piperidine rings is 1. The summed E-state index contributed by atoms with van der Waals surface area (Å²) in [4.78, 5) is 2.45. The fraction of sp³-hybridized carbons (Fsp3) is 0.600. The van der Waals surface area contributed by atoms with Gasteiger partial charge < -0.3 is 10.5 Å². The minimum absolute atomic E-state index is 0.207. The number of hydrogen-bond acceptors (Lipinski definition) is 3. The van der Waals surface area contributed by atoms with Gasteiger partial charge in [0.15, 0.2) is 0 Å². The van der Waals surface area contributed by atoms with Gasteiger partial charge in [0.1, 0.15) is 0 Å². The molecule has 1 aliphatic heterocycles. The lowest BCUT2D eigenvalue weighted by molar-refractivity contribution is 0.0811. The van der Waals surface area contributed by atoms with Crippen LogP contribution in [0.25, 0.3) is 0 Å². The van der Waals surface area contributed by atoms with Crippen molar-refractivity contribution >= 4 is 27.5 Å². The Morgan fingerprint density at radius 2 is 2.15 bits per heavy atom. The molecule has 1 saturated heterocycles. The van der Waals surface area contributed by atoms with Crippen molar-refractivity contribution < 1.29 is 4.74 Å². The normalized spacial score (nSPS) is 19.2. The molecular weight excluding hydrogens is 340 g/mol. The van der Waals surface area contributed by atoms with Gasteiger partial charge in [-0.2, -0.15) is 0 Å². The first-order valence-electron chi connectivity index (χ1n) is 7.03. The first-order valence-corrected chi connectivity index (χ1v) is 8.20. The van der Waals surface area contributed by atoms with E-state index in [2.05, 4.69) is 26.9 Å². The van der Waals surface area contributed by atoms with Crippen LogP contribution in [0.3, 0.4) is 0 Å². The molecule has 0 amide bonds. The van der Waals surface area contributed by atoms with Crippen molar-refractivity contribution in [2.45, 2.75) is 18.9 Å². The summed E-state index contributed by atoms with van der Waals surface area (Å²) in [5.74, 6) is 0.676. The molecule has 0 spiro atoms. The molecule has 2 rings (SSSR count). The predicted octanol–water partition coefficient (Wildman–Crippen LogP) is 3.46. The van der Waals surface area contributed by atoms with Crippen molar-refractivity contribution in [2.24, 2.45) is 11.7 Å². The van der Waals surface area contributed by atoms with E-state index in [1.165, 1.54) is 12.8 Å². The van der Waals surface area contributed by atoms with Gasteiger partial charge in [0, 0.05) is 35.8 Å². The summed E-state index contributed by atoms with van der Waals surface area (Å²) < 4.78 is 6.25. The zero-order valence-corrected chi connectivity index (χ0v) is 14.2.